The molecule has 0 radical (unpaired) electrons. The second-order valence-corrected chi connectivity index (χ2v) is 6.37. The number of imidazole rings is 1. The summed E-state index contributed by atoms with van der Waals surface area (Å²) in [6.07, 6.45) is 1.89. The Morgan fingerprint density at radius 1 is 1.32 bits per heavy atom. The largest absolute Gasteiger partial charge is 0.312 e. The van der Waals surface area contributed by atoms with Gasteiger partial charge in [0.15, 0.2) is 0 Å². The molecule has 0 fully saturated rings. The maximum atomic E-state index is 6.26. The first-order valence-electron chi connectivity index (χ1n) is 6.17. The summed E-state index contributed by atoms with van der Waals surface area (Å²) >= 11 is 7.94. The fraction of sp³-hybridized carbons (Fsp3) is 0.286. The Kier molecular flexibility index (Phi) is 3.07. The summed E-state index contributed by atoms with van der Waals surface area (Å²) in [5.74, 6) is 0. The van der Waals surface area contributed by atoms with E-state index in [2.05, 4.69) is 42.9 Å². The van der Waals surface area contributed by atoms with Crippen molar-refractivity contribution < 1.29 is 0 Å². The number of thiazole rings is 1. The average Bonchev–Trinajstić information content (AvgIpc) is 2.90. The highest BCUT2D eigenvalue weighted by molar-refractivity contribution is 7.15. The van der Waals surface area contributed by atoms with Gasteiger partial charge in [0.1, 0.15) is 10.5 Å². The van der Waals surface area contributed by atoms with Crippen LogP contribution in [-0.2, 0) is 0 Å². The van der Waals surface area contributed by atoms with E-state index in [9.17, 15) is 0 Å². The van der Waals surface area contributed by atoms with E-state index in [1.807, 2.05) is 16.8 Å². The van der Waals surface area contributed by atoms with Crippen molar-refractivity contribution in [2.24, 2.45) is 0 Å². The number of rotatable bonds is 2. The van der Waals surface area contributed by atoms with E-state index in [-0.39, 0.29) is 6.04 Å². The lowest BCUT2D eigenvalue weighted by Crippen LogP contribution is -1.99. The van der Waals surface area contributed by atoms with Crippen LogP contribution in [0.15, 0.2) is 24.4 Å². The molecule has 0 bridgehead atoms. The van der Waals surface area contributed by atoms with Crippen LogP contribution in [0.25, 0.3) is 21.6 Å². The summed E-state index contributed by atoms with van der Waals surface area (Å²) in [6.45, 7) is 6.27. The number of halogens is 1. The molecule has 19 heavy (non-hydrogen) atoms. The number of benzene rings is 1. The Balaban J connectivity index is 2.30. The summed E-state index contributed by atoms with van der Waals surface area (Å²) in [4.78, 5) is 10.2. The van der Waals surface area contributed by atoms with Gasteiger partial charge in [-0.25, -0.2) is 9.97 Å². The number of para-hydroxylation sites is 1. The van der Waals surface area contributed by atoms with Crippen LogP contribution >= 0.6 is 22.9 Å². The van der Waals surface area contributed by atoms with Crippen molar-refractivity contribution in [2.75, 3.05) is 0 Å². The molecule has 98 valence electrons. The van der Waals surface area contributed by atoms with Crippen LogP contribution < -0.4 is 0 Å². The smallest absolute Gasteiger partial charge is 0.204 e. The Morgan fingerprint density at radius 2 is 2.11 bits per heavy atom. The van der Waals surface area contributed by atoms with E-state index in [4.69, 9.17) is 11.6 Å². The first kappa shape index (κ1) is 12.6. The SMILES string of the molecule is Cc1cnc(-c2cccc3c2nc(Cl)n3C(C)C)s1. The lowest BCUT2D eigenvalue weighted by molar-refractivity contribution is 0.618. The van der Waals surface area contributed by atoms with Crippen molar-refractivity contribution in [3.8, 4) is 10.6 Å². The summed E-state index contributed by atoms with van der Waals surface area (Å²) in [6, 6.07) is 6.42. The van der Waals surface area contributed by atoms with E-state index in [1.165, 1.54) is 4.88 Å². The van der Waals surface area contributed by atoms with Crippen LogP contribution in [0, 0.1) is 6.92 Å². The van der Waals surface area contributed by atoms with E-state index in [1.54, 1.807) is 11.3 Å². The normalized spacial score (nSPS) is 11.6. The van der Waals surface area contributed by atoms with Crippen LogP contribution in [0.4, 0.5) is 0 Å². The zero-order chi connectivity index (χ0) is 13.6. The van der Waals surface area contributed by atoms with Gasteiger partial charge in [0.25, 0.3) is 0 Å². The standard InChI is InChI=1S/C14H14ClN3S/c1-8(2)18-11-6-4-5-10(12(11)17-14(18)15)13-16-7-9(3)19-13/h4-8H,1-3H3. The first-order chi connectivity index (χ1) is 9.08. The highest BCUT2D eigenvalue weighted by atomic mass is 35.5. The molecule has 2 aromatic heterocycles. The topological polar surface area (TPSA) is 30.7 Å². The molecule has 3 nitrogen and oxygen atoms in total. The summed E-state index contributed by atoms with van der Waals surface area (Å²) in [5.41, 5.74) is 3.04. The minimum atomic E-state index is 0.283. The van der Waals surface area contributed by atoms with E-state index in [0.717, 1.165) is 21.6 Å². The highest BCUT2D eigenvalue weighted by Gasteiger charge is 2.16. The summed E-state index contributed by atoms with van der Waals surface area (Å²) in [7, 11) is 0. The predicted octanol–water partition coefficient (Wildman–Crippen LogP) is 4.70. The summed E-state index contributed by atoms with van der Waals surface area (Å²) < 4.78 is 2.04. The highest BCUT2D eigenvalue weighted by Crippen LogP contribution is 2.33. The third kappa shape index (κ3) is 2.05. The van der Waals surface area contributed by atoms with E-state index in [0.29, 0.717) is 5.28 Å². The summed E-state index contributed by atoms with van der Waals surface area (Å²) in [5, 5.41) is 1.53. The molecule has 0 atom stereocenters. The number of aromatic nitrogens is 3. The monoisotopic (exact) mass is 291 g/mol. The first-order valence-corrected chi connectivity index (χ1v) is 7.36. The van der Waals surface area contributed by atoms with Crippen LogP contribution in [-0.4, -0.2) is 14.5 Å². The Bertz CT molecular complexity index is 742. The predicted molar refractivity (Wildman–Crippen MR) is 81.0 cm³/mol. The third-order valence-corrected chi connectivity index (χ3v) is 4.26. The molecule has 5 heteroatoms. The number of aryl methyl sites for hydroxylation is 1. The van der Waals surface area contributed by atoms with Crippen LogP contribution in [0.5, 0.6) is 0 Å². The molecule has 0 unspecified atom stereocenters. The number of nitrogens with zero attached hydrogens (tertiary/aromatic N) is 3. The molecular weight excluding hydrogens is 278 g/mol. The van der Waals surface area contributed by atoms with E-state index >= 15 is 0 Å². The zero-order valence-electron chi connectivity index (χ0n) is 11.0. The van der Waals surface area contributed by atoms with Gasteiger partial charge in [-0.05, 0) is 44.5 Å². The Labute approximate surface area is 120 Å². The lowest BCUT2D eigenvalue weighted by atomic mass is 10.2. The van der Waals surface area contributed by atoms with Crippen molar-refractivity contribution in [1.29, 1.82) is 0 Å². The second kappa shape index (κ2) is 4.62. The molecule has 0 aliphatic carbocycles. The van der Waals surface area contributed by atoms with Gasteiger partial charge >= 0.3 is 0 Å². The van der Waals surface area contributed by atoms with Gasteiger partial charge < -0.3 is 4.57 Å². The molecule has 0 N–H and O–H groups in total. The number of hydrogen-bond acceptors (Lipinski definition) is 3. The van der Waals surface area contributed by atoms with Crippen molar-refractivity contribution in [3.63, 3.8) is 0 Å². The molecule has 0 aliphatic rings. The van der Waals surface area contributed by atoms with E-state index < -0.39 is 0 Å². The van der Waals surface area contributed by atoms with Crippen molar-refractivity contribution in [3.05, 3.63) is 34.6 Å². The van der Waals surface area contributed by atoms with Gasteiger partial charge in [-0.1, -0.05) is 6.07 Å². The van der Waals surface area contributed by atoms with Gasteiger partial charge in [-0.2, -0.15) is 0 Å². The molecule has 0 aliphatic heterocycles. The second-order valence-electron chi connectivity index (χ2n) is 4.79. The maximum Gasteiger partial charge on any atom is 0.204 e. The lowest BCUT2D eigenvalue weighted by Gasteiger charge is -2.09. The van der Waals surface area contributed by atoms with Gasteiger partial charge in [0.2, 0.25) is 5.28 Å². The van der Waals surface area contributed by atoms with Crippen molar-refractivity contribution >= 4 is 34.0 Å². The van der Waals surface area contributed by atoms with Crippen molar-refractivity contribution in [1.82, 2.24) is 14.5 Å². The molecular formula is C14H14ClN3S. The van der Waals surface area contributed by atoms with Crippen molar-refractivity contribution in [2.45, 2.75) is 26.8 Å². The fourth-order valence-corrected chi connectivity index (χ4v) is 3.39. The molecule has 2 heterocycles. The fourth-order valence-electron chi connectivity index (χ4n) is 2.23. The quantitative estimate of drug-likeness (QED) is 0.685. The molecule has 0 amide bonds. The molecule has 0 spiro atoms. The van der Waals surface area contributed by atoms with Gasteiger partial charge in [0.05, 0.1) is 5.52 Å². The van der Waals surface area contributed by atoms with Crippen LogP contribution in [0.3, 0.4) is 0 Å². The van der Waals surface area contributed by atoms with Gasteiger partial charge in [-0.15, -0.1) is 11.3 Å². The Hall–Kier alpha value is -1.39. The minimum Gasteiger partial charge on any atom is -0.312 e. The average molecular weight is 292 g/mol. The maximum absolute atomic E-state index is 6.26. The zero-order valence-corrected chi connectivity index (χ0v) is 12.6. The van der Waals surface area contributed by atoms with Gasteiger partial charge in [-0.3, -0.25) is 0 Å². The molecule has 1 aromatic carbocycles. The Morgan fingerprint density at radius 3 is 2.74 bits per heavy atom. The third-order valence-electron chi connectivity index (χ3n) is 3.05. The number of hydrogen-bond donors (Lipinski definition) is 0. The molecule has 3 rings (SSSR count). The molecule has 0 saturated heterocycles. The van der Waals surface area contributed by atoms with Crippen LogP contribution in [0.2, 0.25) is 5.28 Å². The minimum absolute atomic E-state index is 0.283. The number of fused-ring (bicyclic) bond motifs is 1. The molecule has 0 saturated carbocycles. The van der Waals surface area contributed by atoms with Gasteiger partial charge in [0, 0.05) is 22.7 Å². The molecule has 3 aromatic rings. The van der Waals surface area contributed by atoms with Crippen LogP contribution in [0.1, 0.15) is 24.8 Å².